The zero-order chi connectivity index (χ0) is 18.5. The van der Waals surface area contributed by atoms with E-state index in [0.717, 1.165) is 5.56 Å². The number of ether oxygens (including phenoxy) is 1. The monoisotopic (exact) mass is 355 g/mol. The van der Waals surface area contributed by atoms with Gasteiger partial charge in [-0.1, -0.05) is 78.9 Å². The van der Waals surface area contributed by atoms with Crippen LogP contribution in [0.2, 0.25) is 0 Å². The molecule has 0 radical (unpaired) electrons. The standard InChI is InChI=1S/C24H21NO2/c26-24(27-17-18-8-2-1-3-9-18)16-25-15-23-21-12-6-4-10-19(21)14-20-11-5-7-13-22(20)23/h1-14,25H,15-17H2. The highest BCUT2D eigenvalue weighted by Crippen LogP contribution is 2.28. The van der Waals surface area contributed by atoms with E-state index in [1.54, 1.807) is 0 Å². The average molecular weight is 355 g/mol. The van der Waals surface area contributed by atoms with E-state index in [0.29, 0.717) is 13.2 Å². The Morgan fingerprint density at radius 2 is 1.37 bits per heavy atom. The molecule has 1 N–H and O–H groups in total. The smallest absolute Gasteiger partial charge is 0.320 e. The molecule has 0 amide bonds. The van der Waals surface area contributed by atoms with Crippen molar-refractivity contribution in [2.75, 3.05) is 6.54 Å². The van der Waals surface area contributed by atoms with Gasteiger partial charge in [-0.2, -0.15) is 0 Å². The third-order valence-corrected chi connectivity index (χ3v) is 4.70. The summed E-state index contributed by atoms with van der Waals surface area (Å²) < 4.78 is 5.34. The fourth-order valence-electron chi connectivity index (χ4n) is 3.38. The summed E-state index contributed by atoms with van der Waals surface area (Å²) in [5, 5.41) is 8.08. The van der Waals surface area contributed by atoms with Crippen LogP contribution in [0.25, 0.3) is 21.5 Å². The van der Waals surface area contributed by atoms with E-state index in [1.807, 2.05) is 30.3 Å². The lowest BCUT2D eigenvalue weighted by Gasteiger charge is -2.12. The SMILES string of the molecule is O=C(CNCc1c2ccccc2cc2ccccc12)OCc1ccccc1. The van der Waals surface area contributed by atoms with E-state index < -0.39 is 0 Å². The van der Waals surface area contributed by atoms with Gasteiger partial charge in [-0.25, -0.2) is 0 Å². The van der Waals surface area contributed by atoms with E-state index in [4.69, 9.17) is 4.74 Å². The highest BCUT2D eigenvalue weighted by Gasteiger charge is 2.09. The molecule has 4 aromatic carbocycles. The van der Waals surface area contributed by atoms with Crippen LogP contribution in [-0.4, -0.2) is 12.5 Å². The van der Waals surface area contributed by atoms with Gasteiger partial charge in [0.1, 0.15) is 6.61 Å². The number of fused-ring (bicyclic) bond motifs is 2. The van der Waals surface area contributed by atoms with E-state index in [1.165, 1.54) is 27.1 Å². The second kappa shape index (κ2) is 8.02. The Morgan fingerprint density at radius 1 is 0.778 bits per heavy atom. The van der Waals surface area contributed by atoms with Gasteiger partial charge in [0.15, 0.2) is 0 Å². The Bertz CT molecular complexity index is 1020. The van der Waals surface area contributed by atoms with Gasteiger partial charge in [0.25, 0.3) is 0 Å². The van der Waals surface area contributed by atoms with E-state index in [-0.39, 0.29) is 12.5 Å². The number of carbonyl (C=O) groups excluding carboxylic acids is 1. The molecule has 27 heavy (non-hydrogen) atoms. The molecule has 4 aromatic rings. The number of nitrogens with one attached hydrogen (secondary N) is 1. The van der Waals surface area contributed by atoms with Gasteiger partial charge >= 0.3 is 5.97 Å². The second-order valence-electron chi connectivity index (χ2n) is 6.55. The first kappa shape index (κ1) is 17.3. The van der Waals surface area contributed by atoms with Gasteiger partial charge in [-0.15, -0.1) is 0 Å². The molecule has 134 valence electrons. The predicted molar refractivity (Wildman–Crippen MR) is 109 cm³/mol. The fourth-order valence-corrected chi connectivity index (χ4v) is 3.38. The van der Waals surface area contributed by atoms with Crippen LogP contribution in [-0.2, 0) is 22.7 Å². The van der Waals surface area contributed by atoms with Crippen molar-refractivity contribution in [1.29, 1.82) is 0 Å². The average Bonchev–Trinajstić information content (AvgIpc) is 2.72. The molecule has 4 rings (SSSR count). The predicted octanol–water partition coefficient (Wildman–Crippen LogP) is 4.83. The van der Waals surface area contributed by atoms with Crippen LogP contribution in [0.4, 0.5) is 0 Å². The highest BCUT2D eigenvalue weighted by atomic mass is 16.5. The molecule has 0 aliphatic heterocycles. The molecule has 0 saturated carbocycles. The van der Waals surface area contributed by atoms with Crippen molar-refractivity contribution >= 4 is 27.5 Å². The van der Waals surface area contributed by atoms with Crippen molar-refractivity contribution in [1.82, 2.24) is 5.32 Å². The minimum atomic E-state index is -0.247. The molecule has 0 heterocycles. The Balaban J connectivity index is 1.46. The van der Waals surface area contributed by atoms with Gasteiger partial charge in [0.2, 0.25) is 0 Å². The van der Waals surface area contributed by atoms with Crippen molar-refractivity contribution in [3.8, 4) is 0 Å². The van der Waals surface area contributed by atoms with Gasteiger partial charge in [-0.3, -0.25) is 4.79 Å². The highest BCUT2D eigenvalue weighted by molar-refractivity contribution is 6.02. The van der Waals surface area contributed by atoms with E-state index >= 15 is 0 Å². The molecule has 0 atom stereocenters. The van der Waals surface area contributed by atoms with Gasteiger partial charge in [0.05, 0.1) is 6.54 Å². The lowest BCUT2D eigenvalue weighted by Crippen LogP contribution is -2.24. The summed E-state index contributed by atoms with van der Waals surface area (Å²) in [5.74, 6) is -0.247. The lowest BCUT2D eigenvalue weighted by molar-refractivity contribution is -0.143. The van der Waals surface area contributed by atoms with Crippen molar-refractivity contribution in [3.63, 3.8) is 0 Å². The summed E-state index contributed by atoms with van der Waals surface area (Å²) in [6.07, 6.45) is 0. The Kier molecular flexibility index (Phi) is 5.13. The zero-order valence-corrected chi connectivity index (χ0v) is 15.0. The summed E-state index contributed by atoms with van der Waals surface area (Å²) in [4.78, 5) is 12.0. The third-order valence-electron chi connectivity index (χ3n) is 4.70. The van der Waals surface area contributed by atoms with E-state index in [9.17, 15) is 4.79 Å². The van der Waals surface area contributed by atoms with Crippen LogP contribution in [0.1, 0.15) is 11.1 Å². The molecule has 0 bridgehead atoms. The van der Waals surface area contributed by atoms with Crippen LogP contribution >= 0.6 is 0 Å². The number of esters is 1. The van der Waals surface area contributed by atoms with Gasteiger partial charge in [0, 0.05) is 6.54 Å². The maximum absolute atomic E-state index is 12.0. The number of carbonyl (C=O) groups is 1. The summed E-state index contributed by atoms with van der Waals surface area (Å²) in [7, 11) is 0. The van der Waals surface area contributed by atoms with Crippen molar-refractivity contribution in [2.45, 2.75) is 13.2 Å². The molecule has 3 heteroatoms. The molecule has 0 aromatic heterocycles. The van der Waals surface area contributed by atoms with Gasteiger partial charge in [-0.05, 0) is 38.7 Å². The minimum Gasteiger partial charge on any atom is -0.460 e. The third kappa shape index (κ3) is 3.99. The molecule has 3 nitrogen and oxygen atoms in total. The molecular weight excluding hydrogens is 334 g/mol. The molecule has 0 fully saturated rings. The van der Waals surface area contributed by atoms with Crippen LogP contribution in [0.15, 0.2) is 84.9 Å². The summed E-state index contributed by atoms with van der Waals surface area (Å²) in [6.45, 7) is 1.10. The van der Waals surface area contributed by atoms with Crippen molar-refractivity contribution < 1.29 is 9.53 Å². The van der Waals surface area contributed by atoms with Gasteiger partial charge < -0.3 is 10.1 Å². The molecule has 0 saturated heterocycles. The van der Waals surface area contributed by atoms with Crippen molar-refractivity contribution in [3.05, 3.63) is 96.1 Å². The first-order valence-corrected chi connectivity index (χ1v) is 9.11. The molecule has 0 aliphatic carbocycles. The lowest BCUT2D eigenvalue weighted by atomic mass is 9.97. The van der Waals surface area contributed by atoms with E-state index in [2.05, 4.69) is 59.9 Å². The summed E-state index contributed by atoms with van der Waals surface area (Å²) >= 11 is 0. The van der Waals surface area contributed by atoms with Crippen LogP contribution in [0.3, 0.4) is 0 Å². The topological polar surface area (TPSA) is 38.3 Å². The number of hydrogen-bond donors (Lipinski definition) is 1. The molecule has 0 unspecified atom stereocenters. The first-order valence-electron chi connectivity index (χ1n) is 9.11. The maximum Gasteiger partial charge on any atom is 0.320 e. The number of hydrogen-bond acceptors (Lipinski definition) is 3. The van der Waals surface area contributed by atoms with Crippen LogP contribution in [0, 0.1) is 0 Å². The molecule has 0 spiro atoms. The number of benzene rings is 4. The van der Waals surface area contributed by atoms with Crippen LogP contribution in [0.5, 0.6) is 0 Å². The second-order valence-corrected chi connectivity index (χ2v) is 6.55. The molecular formula is C24H21NO2. The Morgan fingerprint density at radius 3 is 2.04 bits per heavy atom. The van der Waals surface area contributed by atoms with Crippen LogP contribution < -0.4 is 5.32 Å². The Labute approximate surface area is 158 Å². The maximum atomic E-state index is 12.0. The largest absolute Gasteiger partial charge is 0.460 e. The minimum absolute atomic E-state index is 0.185. The summed E-state index contributed by atoms with van der Waals surface area (Å²) in [6, 6.07) is 28.6. The quantitative estimate of drug-likeness (QED) is 0.398. The summed E-state index contributed by atoms with van der Waals surface area (Å²) in [5.41, 5.74) is 2.20. The molecule has 0 aliphatic rings. The fraction of sp³-hybridized carbons (Fsp3) is 0.125. The normalized spacial score (nSPS) is 11.0. The Hall–Kier alpha value is -3.17. The first-order chi connectivity index (χ1) is 13.3. The number of rotatable bonds is 6. The van der Waals surface area contributed by atoms with Crippen molar-refractivity contribution in [2.24, 2.45) is 0 Å². The zero-order valence-electron chi connectivity index (χ0n) is 15.0.